The van der Waals surface area contributed by atoms with Gasteiger partial charge in [0.2, 0.25) is 11.8 Å². The van der Waals surface area contributed by atoms with Crippen LogP contribution in [0.4, 0.5) is 15.8 Å². The molecule has 1 atom stereocenters. The van der Waals surface area contributed by atoms with Gasteiger partial charge in [-0.15, -0.1) is 0 Å². The van der Waals surface area contributed by atoms with Gasteiger partial charge in [0.05, 0.1) is 15.5 Å². The fraction of sp³-hybridized carbons (Fsp3) is 0.235. The Kier molecular flexibility index (Phi) is 10.5. The number of sulfonamides is 1. The highest BCUT2D eigenvalue weighted by molar-refractivity contribution is 7.92. The van der Waals surface area contributed by atoms with Crippen molar-refractivity contribution in [2.24, 2.45) is 0 Å². The van der Waals surface area contributed by atoms with E-state index in [-0.39, 0.29) is 29.2 Å². The molecule has 0 spiro atoms. The summed E-state index contributed by atoms with van der Waals surface area (Å²) in [6.07, 6.45) is 0.0952. The SMILES string of the molecule is CC(C)(C)NC(=O)[C@H](Cc1ccccc1)N(Cc1ccc(F)cc1)C(=O)CN(c1cccc([N+](=O)[O-])c1)S(=O)(=O)c1ccccc1. The molecule has 0 aliphatic carbocycles. The molecule has 10 nitrogen and oxygen atoms in total. The van der Waals surface area contributed by atoms with Crippen LogP contribution in [0.5, 0.6) is 0 Å². The first-order valence-electron chi connectivity index (χ1n) is 14.5. The van der Waals surface area contributed by atoms with Crippen molar-refractivity contribution >= 4 is 33.2 Å². The first-order chi connectivity index (χ1) is 21.7. The zero-order valence-electron chi connectivity index (χ0n) is 25.7. The molecule has 240 valence electrons. The topological polar surface area (TPSA) is 130 Å². The highest BCUT2D eigenvalue weighted by Crippen LogP contribution is 2.28. The molecular weight excluding hydrogens is 611 g/mol. The summed E-state index contributed by atoms with van der Waals surface area (Å²) in [5.74, 6) is -1.71. The average Bonchev–Trinajstić information content (AvgIpc) is 3.02. The number of rotatable bonds is 12. The fourth-order valence-electron chi connectivity index (χ4n) is 4.80. The van der Waals surface area contributed by atoms with Gasteiger partial charge in [0.1, 0.15) is 18.4 Å². The molecule has 0 heterocycles. The van der Waals surface area contributed by atoms with Crippen LogP contribution in [0.25, 0.3) is 0 Å². The maximum absolute atomic E-state index is 14.4. The van der Waals surface area contributed by atoms with Gasteiger partial charge in [0, 0.05) is 30.6 Å². The van der Waals surface area contributed by atoms with Crippen LogP contribution in [-0.4, -0.2) is 48.2 Å². The van der Waals surface area contributed by atoms with Gasteiger partial charge in [-0.2, -0.15) is 0 Å². The highest BCUT2D eigenvalue weighted by atomic mass is 32.2. The van der Waals surface area contributed by atoms with Crippen LogP contribution in [0.1, 0.15) is 31.9 Å². The Labute approximate surface area is 267 Å². The number of nitro benzene ring substituents is 1. The van der Waals surface area contributed by atoms with Gasteiger partial charge in [0.25, 0.3) is 15.7 Å². The molecule has 0 aliphatic heterocycles. The molecule has 0 radical (unpaired) electrons. The minimum Gasteiger partial charge on any atom is -0.350 e. The predicted molar refractivity (Wildman–Crippen MR) is 173 cm³/mol. The molecule has 0 aliphatic rings. The standard InChI is InChI=1S/C34H35FN4O6S/c1-34(2,3)36-33(41)31(21-25-11-6-4-7-12-25)37(23-26-17-19-27(35)20-18-26)32(40)24-38(28-13-10-14-29(22-28)39(42)43)46(44,45)30-15-8-5-9-16-30/h4-20,22,31H,21,23-24H2,1-3H3,(H,36,41)/t31-/m0/s1. The lowest BCUT2D eigenvalue weighted by molar-refractivity contribution is -0.384. The Morgan fingerprint density at radius 3 is 2.07 bits per heavy atom. The molecule has 0 fully saturated rings. The number of non-ortho nitro benzene ring substituents is 1. The summed E-state index contributed by atoms with van der Waals surface area (Å²) in [5, 5.41) is 14.5. The minimum absolute atomic E-state index is 0.0952. The Balaban J connectivity index is 1.84. The van der Waals surface area contributed by atoms with Gasteiger partial charge < -0.3 is 10.2 Å². The van der Waals surface area contributed by atoms with Crippen molar-refractivity contribution in [1.29, 1.82) is 0 Å². The van der Waals surface area contributed by atoms with E-state index in [4.69, 9.17) is 0 Å². The van der Waals surface area contributed by atoms with E-state index < -0.39 is 50.7 Å². The summed E-state index contributed by atoms with van der Waals surface area (Å²) in [6, 6.07) is 25.7. The number of nitro groups is 1. The number of anilines is 1. The molecule has 2 amide bonds. The zero-order valence-corrected chi connectivity index (χ0v) is 26.5. The number of hydrogen-bond acceptors (Lipinski definition) is 6. The molecule has 0 unspecified atom stereocenters. The molecule has 46 heavy (non-hydrogen) atoms. The molecule has 0 bridgehead atoms. The lowest BCUT2D eigenvalue weighted by atomic mass is 10.0. The summed E-state index contributed by atoms with van der Waals surface area (Å²) in [4.78, 5) is 40.4. The van der Waals surface area contributed by atoms with Crippen LogP contribution in [0.2, 0.25) is 0 Å². The number of halogens is 1. The molecule has 4 aromatic rings. The number of hydrogen-bond donors (Lipinski definition) is 1. The summed E-state index contributed by atoms with van der Waals surface area (Å²) in [6.45, 7) is 4.46. The normalized spacial score (nSPS) is 12.2. The summed E-state index contributed by atoms with van der Waals surface area (Å²) < 4.78 is 42.6. The molecule has 0 aromatic heterocycles. The maximum atomic E-state index is 14.4. The van der Waals surface area contributed by atoms with Crippen molar-refractivity contribution in [3.63, 3.8) is 0 Å². The molecule has 12 heteroatoms. The predicted octanol–water partition coefficient (Wildman–Crippen LogP) is 5.48. The molecule has 1 N–H and O–H groups in total. The van der Waals surface area contributed by atoms with E-state index in [9.17, 15) is 32.5 Å². The van der Waals surface area contributed by atoms with Crippen molar-refractivity contribution in [2.75, 3.05) is 10.8 Å². The third-order valence-corrected chi connectivity index (χ3v) is 8.76. The first-order valence-corrected chi connectivity index (χ1v) is 15.9. The van der Waals surface area contributed by atoms with Crippen LogP contribution in [0, 0.1) is 15.9 Å². The molecular formula is C34H35FN4O6S. The summed E-state index contributed by atoms with van der Waals surface area (Å²) in [5.41, 5.74) is 0.118. The highest BCUT2D eigenvalue weighted by Gasteiger charge is 2.36. The second kappa shape index (κ2) is 14.3. The number of carbonyl (C=O) groups excluding carboxylic acids is 2. The Hall–Kier alpha value is -5.10. The number of nitrogens with one attached hydrogen (secondary N) is 1. The van der Waals surface area contributed by atoms with Crippen LogP contribution in [0.3, 0.4) is 0 Å². The van der Waals surface area contributed by atoms with Gasteiger partial charge in [0.15, 0.2) is 0 Å². The van der Waals surface area contributed by atoms with Gasteiger partial charge in [-0.1, -0.05) is 66.7 Å². The van der Waals surface area contributed by atoms with Crippen LogP contribution in [0.15, 0.2) is 114 Å². The average molecular weight is 647 g/mol. The molecule has 4 aromatic carbocycles. The van der Waals surface area contributed by atoms with Crippen molar-refractivity contribution < 1.29 is 27.3 Å². The van der Waals surface area contributed by atoms with Crippen LogP contribution >= 0.6 is 0 Å². The smallest absolute Gasteiger partial charge is 0.271 e. The summed E-state index contributed by atoms with van der Waals surface area (Å²) >= 11 is 0. The van der Waals surface area contributed by atoms with Gasteiger partial charge >= 0.3 is 0 Å². The van der Waals surface area contributed by atoms with Crippen LogP contribution < -0.4 is 9.62 Å². The lowest BCUT2D eigenvalue weighted by Crippen LogP contribution is -2.56. The Morgan fingerprint density at radius 2 is 1.48 bits per heavy atom. The fourth-order valence-corrected chi connectivity index (χ4v) is 6.23. The lowest BCUT2D eigenvalue weighted by Gasteiger charge is -2.35. The third-order valence-electron chi connectivity index (χ3n) is 6.97. The number of benzene rings is 4. The number of nitrogens with zero attached hydrogens (tertiary/aromatic N) is 3. The quantitative estimate of drug-likeness (QED) is 0.160. The Bertz CT molecular complexity index is 1780. The van der Waals surface area contributed by atoms with E-state index in [1.807, 2.05) is 18.2 Å². The van der Waals surface area contributed by atoms with Crippen molar-refractivity contribution in [1.82, 2.24) is 10.2 Å². The first kappa shape index (κ1) is 33.8. The Morgan fingerprint density at radius 1 is 0.870 bits per heavy atom. The minimum atomic E-state index is -4.42. The molecule has 0 saturated heterocycles. The van der Waals surface area contributed by atoms with E-state index >= 15 is 0 Å². The monoisotopic (exact) mass is 646 g/mol. The van der Waals surface area contributed by atoms with Crippen molar-refractivity contribution in [3.05, 3.63) is 136 Å². The molecule has 0 saturated carbocycles. The maximum Gasteiger partial charge on any atom is 0.271 e. The van der Waals surface area contributed by atoms with Gasteiger partial charge in [-0.25, -0.2) is 12.8 Å². The van der Waals surface area contributed by atoms with E-state index in [0.29, 0.717) is 5.56 Å². The van der Waals surface area contributed by atoms with Crippen molar-refractivity contribution in [2.45, 2.75) is 50.2 Å². The largest absolute Gasteiger partial charge is 0.350 e. The van der Waals surface area contributed by atoms with E-state index in [0.717, 1.165) is 15.9 Å². The second-order valence-electron chi connectivity index (χ2n) is 11.7. The number of carbonyl (C=O) groups is 2. The van der Waals surface area contributed by atoms with E-state index in [2.05, 4.69) is 5.32 Å². The third kappa shape index (κ3) is 8.75. The van der Waals surface area contributed by atoms with Gasteiger partial charge in [-0.05, 0) is 62.2 Å². The van der Waals surface area contributed by atoms with Gasteiger partial charge in [-0.3, -0.25) is 24.0 Å². The zero-order chi connectivity index (χ0) is 33.5. The second-order valence-corrected chi connectivity index (χ2v) is 13.6. The van der Waals surface area contributed by atoms with Crippen LogP contribution in [-0.2, 0) is 32.6 Å². The van der Waals surface area contributed by atoms with Crippen molar-refractivity contribution in [3.8, 4) is 0 Å². The number of amides is 2. The van der Waals surface area contributed by atoms with E-state index in [1.54, 1.807) is 39.0 Å². The van der Waals surface area contributed by atoms with E-state index in [1.165, 1.54) is 71.6 Å². The molecule has 4 rings (SSSR count). The summed E-state index contributed by atoms with van der Waals surface area (Å²) in [7, 11) is -4.42.